The Morgan fingerprint density at radius 2 is 1.15 bits per heavy atom. The molecule has 12 aromatic rings. The zero-order valence-corrected chi connectivity index (χ0v) is 32.8. The Labute approximate surface area is 347 Å². The van der Waals surface area contributed by atoms with Crippen molar-refractivity contribution in [2.45, 2.75) is 18.8 Å². The second kappa shape index (κ2) is 12.9. The molecule has 0 spiro atoms. The van der Waals surface area contributed by atoms with Crippen molar-refractivity contribution >= 4 is 59.8 Å². The number of para-hydroxylation sites is 2. The van der Waals surface area contributed by atoms with Gasteiger partial charge < -0.3 is 4.40 Å². The lowest BCUT2D eigenvalue weighted by atomic mass is 9.83. The van der Waals surface area contributed by atoms with Gasteiger partial charge in [-0.15, -0.1) is 0 Å². The molecule has 0 amide bonds. The second-order valence-electron chi connectivity index (χ2n) is 16.4. The number of benzene rings is 9. The lowest BCUT2D eigenvalue weighted by Crippen LogP contribution is -2.08. The van der Waals surface area contributed by atoms with Gasteiger partial charge in [-0.3, -0.25) is 0 Å². The van der Waals surface area contributed by atoms with Crippen LogP contribution in [0.25, 0.3) is 105 Å². The topological polar surface area (TPSA) is 30.2 Å². The van der Waals surface area contributed by atoms with Crippen molar-refractivity contribution < 1.29 is 0 Å². The summed E-state index contributed by atoms with van der Waals surface area (Å²) in [5.41, 5.74) is 17.1. The molecule has 1 aliphatic carbocycles. The summed E-state index contributed by atoms with van der Waals surface area (Å²) < 4.78 is 2.55. The van der Waals surface area contributed by atoms with Crippen LogP contribution in [0.3, 0.4) is 0 Å². The van der Waals surface area contributed by atoms with Crippen LogP contribution in [0.1, 0.15) is 29.2 Å². The largest absolute Gasteiger partial charge is 0.308 e. The number of hydrogen-bond acceptors (Lipinski definition) is 2. The zero-order valence-electron chi connectivity index (χ0n) is 32.8. The third-order valence-electron chi connectivity index (χ3n) is 13.1. The van der Waals surface area contributed by atoms with Gasteiger partial charge in [-0.05, 0) is 105 Å². The Hall–Kier alpha value is -7.62. The number of fused-ring (bicyclic) bond motifs is 12. The van der Waals surface area contributed by atoms with Crippen LogP contribution in [0, 0.1) is 0 Å². The third kappa shape index (κ3) is 4.96. The lowest BCUT2D eigenvalue weighted by Gasteiger charge is -2.22. The molecule has 3 aromatic heterocycles. The first kappa shape index (κ1) is 33.4. The Balaban J connectivity index is 1.10. The predicted octanol–water partition coefficient (Wildman–Crippen LogP) is 14.7. The molecule has 1 unspecified atom stereocenters. The van der Waals surface area contributed by atoms with Crippen molar-refractivity contribution in [3.05, 3.63) is 211 Å². The van der Waals surface area contributed by atoms with Gasteiger partial charge in [-0.25, -0.2) is 9.97 Å². The summed E-state index contributed by atoms with van der Waals surface area (Å²) in [7, 11) is 0. The van der Waals surface area contributed by atoms with Crippen LogP contribution in [-0.4, -0.2) is 14.4 Å². The molecule has 3 heterocycles. The van der Waals surface area contributed by atoms with Crippen molar-refractivity contribution in [1.29, 1.82) is 0 Å². The standard InChI is InChI=1S/C57H37N3/c1-2-13-35(14-3-1)39-18-12-19-40(31-39)41-28-29-44-49-34-48-43-20-7-6-16-37(43)27-30-47(53(48)54-46-22-9-11-24-51(46)60(56(49)54)52(44)33-41)55-45-21-8-10-23-50(45)58-57(59-55)42-26-25-36-15-4-5-17-38(36)32-42/h1-26,28-29,31-34,47H,27,30H2. The number of aryl methyl sites for hydroxylation is 1. The first-order valence-electron chi connectivity index (χ1n) is 21.0. The van der Waals surface area contributed by atoms with Gasteiger partial charge in [0.25, 0.3) is 0 Å². The fraction of sp³-hybridized carbons (Fsp3) is 0.0526. The minimum atomic E-state index is 0.0211. The van der Waals surface area contributed by atoms with Crippen LogP contribution in [0.15, 0.2) is 194 Å². The van der Waals surface area contributed by atoms with E-state index in [1.165, 1.54) is 93.4 Å². The van der Waals surface area contributed by atoms with E-state index < -0.39 is 0 Å². The van der Waals surface area contributed by atoms with Crippen molar-refractivity contribution in [2.24, 2.45) is 0 Å². The number of rotatable bonds is 4. The molecule has 0 N–H and O–H groups in total. The molecule has 1 atom stereocenters. The van der Waals surface area contributed by atoms with Crippen LogP contribution >= 0.6 is 0 Å². The summed E-state index contributed by atoms with van der Waals surface area (Å²) in [6, 6.07) is 71.1. The average molecular weight is 764 g/mol. The monoisotopic (exact) mass is 763 g/mol. The average Bonchev–Trinajstić information content (AvgIpc) is 3.77. The molecule has 0 fully saturated rings. The molecule has 0 saturated carbocycles. The molecule has 13 rings (SSSR count). The van der Waals surface area contributed by atoms with E-state index in [1.807, 2.05) is 0 Å². The minimum absolute atomic E-state index is 0.0211. The SMILES string of the molecule is c1ccc(-c2cccc(-c3ccc4c5cc6c(c7c8ccccc8n(c4c3)c57)C(c3nc(-c4ccc5ccccc5c4)nc4ccccc34)CCc3ccccc3-6)c2)cc1. The van der Waals surface area contributed by atoms with Crippen molar-refractivity contribution in [1.82, 2.24) is 14.4 Å². The van der Waals surface area contributed by atoms with E-state index in [1.54, 1.807) is 0 Å². The molecule has 280 valence electrons. The highest BCUT2D eigenvalue weighted by atomic mass is 14.9. The van der Waals surface area contributed by atoms with E-state index in [-0.39, 0.29) is 5.92 Å². The van der Waals surface area contributed by atoms with E-state index in [9.17, 15) is 0 Å². The molecule has 0 saturated heterocycles. The molecule has 0 aliphatic heterocycles. The molecular weight excluding hydrogens is 727 g/mol. The van der Waals surface area contributed by atoms with Crippen molar-refractivity contribution in [3.63, 3.8) is 0 Å². The molecule has 60 heavy (non-hydrogen) atoms. The fourth-order valence-corrected chi connectivity index (χ4v) is 10.4. The Morgan fingerprint density at radius 3 is 2.07 bits per heavy atom. The Bertz CT molecular complexity index is 3670. The first-order valence-corrected chi connectivity index (χ1v) is 21.0. The lowest BCUT2D eigenvalue weighted by molar-refractivity contribution is 0.715. The van der Waals surface area contributed by atoms with Crippen LogP contribution in [0.2, 0.25) is 0 Å². The maximum absolute atomic E-state index is 5.63. The normalized spacial score (nSPS) is 14.0. The van der Waals surface area contributed by atoms with Gasteiger partial charge in [0.15, 0.2) is 5.82 Å². The van der Waals surface area contributed by atoms with Gasteiger partial charge in [0.2, 0.25) is 0 Å². The summed E-state index contributed by atoms with van der Waals surface area (Å²) in [6.07, 6.45) is 1.89. The maximum Gasteiger partial charge on any atom is 0.160 e. The third-order valence-corrected chi connectivity index (χ3v) is 13.1. The summed E-state index contributed by atoms with van der Waals surface area (Å²) in [4.78, 5) is 10.9. The Morgan fingerprint density at radius 1 is 0.433 bits per heavy atom. The molecule has 3 heteroatoms. The van der Waals surface area contributed by atoms with Gasteiger partial charge in [-0.1, -0.05) is 158 Å². The van der Waals surface area contributed by atoms with E-state index in [0.29, 0.717) is 0 Å². The summed E-state index contributed by atoms with van der Waals surface area (Å²) in [5, 5.41) is 8.70. The highest BCUT2D eigenvalue weighted by molar-refractivity contribution is 6.26. The van der Waals surface area contributed by atoms with E-state index in [2.05, 4.69) is 199 Å². The summed E-state index contributed by atoms with van der Waals surface area (Å²) in [6.45, 7) is 0. The highest BCUT2D eigenvalue weighted by Crippen LogP contribution is 2.52. The highest BCUT2D eigenvalue weighted by Gasteiger charge is 2.32. The smallest absolute Gasteiger partial charge is 0.160 e. The van der Waals surface area contributed by atoms with Crippen LogP contribution in [0.4, 0.5) is 0 Å². The Kier molecular flexibility index (Phi) is 7.20. The summed E-state index contributed by atoms with van der Waals surface area (Å²) in [5.74, 6) is 0.793. The molecule has 3 nitrogen and oxygen atoms in total. The molecule has 0 radical (unpaired) electrons. The quantitative estimate of drug-likeness (QED) is 0.179. The van der Waals surface area contributed by atoms with Gasteiger partial charge >= 0.3 is 0 Å². The molecule has 9 aromatic carbocycles. The van der Waals surface area contributed by atoms with Gasteiger partial charge in [0.05, 0.1) is 27.8 Å². The van der Waals surface area contributed by atoms with Crippen LogP contribution in [0.5, 0.6) is 0 Å². The predicted molar refractivity (Wildman–Crippen MR) is 250 cm³/mol. The van der Waals surface area contributed by atoms with E-state index >= 15 is 0 Å². The van der Waals surface area contributed by atoms with E-state index in [4.69, 9.17) is 9.97 Å². The molecule has 0 bridgehead atoms. The zero-order chi connectivity index (χ0) is 39.3. The fourth-order valence-electron chi connectivity index (χ4n) is 10.4. The van der Waals surface area contributed by atoms with Crippen LogP contribution < -0.4 is 0 Å². The van der Waals surface area contributed by atoms with Crippen molar-refractivity contribution in [2.75, 3.05) is 0 Å². The van der Waals surface area contributed by atoms with Gasteiger partial charge in [0.1, 0.15) is 0 Å². The van der Waals surface area contributed by atoms with Gasteiger partial charge in [0, 0.05) is 38.4 Å². The minimum Gasteiger partial charge on any atom is -0.308 e. The van der Waals surface area contributed by atoms with E-state index in [0.717, 1.165) is 40.8 Å². The maximum atomic E-state index is 5.63. The summed E-state index contributed by atoms with van der Waals surface area (Å²) >= 11 is 0. The number of nitrogens with zero attached hydrogens (tertiary/aromatic N) is 3. The second-order valence-corrected chi connectivity index (χ2v) is 16.4. The number of aromatic nitrogens is 3. The van der Waals surface area contributed by atoms with Crippen LogP contribution in [-0.2, 0) is 6.42 Å². The van der Waals surface area contributed by atoms with Crippen molar-refractivity contribution in [3.8, 4) is 44.8 Å². The molecular formula is C57H37N3. The van der Waals surface area contributed by atoms with Gasteiger partial charge in [-0.2, -0.15) is 0 Å². The number of hydrogen-bond donors (Lipinski definition) is 0. The first-order chi connectivity index (χ1) is 29.7. The molecule has 1 aliphatic rings.